The zero-order valence-corrected chi connectivity index (χ0v) is 20.4. The number of hydrogen-bond acceptors (Lipinski definition) is 5. The van der Waals surface area contributed by atoms with Crippen LogP contribution in [0.15, 0.2) is 72.4 Å². The van der Waals surface area contributed by atoms with Crippen LogP contribution in [0.1, 0.15) is 27.0 Å². The van der Waals surface area contributed by atoms with Gasteiger partial charge >= 0.3 is 12.0 Å². The number of carbonyl (C=O) groups is 4. The van der Waals surface area contributed by atoms with E-state index in [0.717, 1.165) is 10.5 Å². The number of aromatic carboxylic acids is 1. The van der Waals surface area contributed by atoms with Crippen LogP contribution >= 0.6 is 11.6 Å². The standard InChI is InChI=1S/C27H22ClN3O6/c1-16-5-8-20(9-6-16)29-24(32)14-31-25(33)22(30-27(31)36)13-17-7-10-23(21(28)12-17)37-15-18-3-2-4-19(11-18)26(34)35/h2-13H,14-15H2,1H3,(H,29,32)(H,30,36)(H,34,35)/b22-13+. The lowest BCUT2D eigenvalue weighted by atomic mass is 10.1. The Morgan fingerprint density at radius 3 is 2.54 bits per heavy atom. The maximum Gasteiger partial charge on any atom is 0.335 e. The topological polar surface area (TPSA) is 125 Å². The van der Waals surface area contributed by atoms with E-state index >= 15 is 0 Å². The van der Waals surface area contributed by atoms with Gasteiger partial charge in [0.25, 0.3) is 5.91 Å². The molecule has 0 spiro atoms. The first-order chi connectivity index (χ1) is 17.7. The van der Waals surface area contributed by atoms with E-state index in [1.807, 2.05) is 19.1 Å². The number of benzene rings is 3. The first-order valence-corrected chi connectivity index (χ1v) is 11.5. The Morgan fingerprint density at radius 2 is 1.84 bits per heavy atom. The fourth-order valence-corrected chi connectivity index (χ4v) is 3.79. The van der Waals surface area contributed by atoms with Gasteiger partial charge in [0.15, 0.2) is 0 Å². The first kappa shape index (κ1) is 25.5. The minimum absolute atomic E-state index is 0.00311. The number of amides is 4. The van der Waals surface area contributed by atoms with Crippen LogP contribution in [0.5, 0.6) is 5.75 Å². The number of rotatable bonds is 8. The average molecular weight is 520 g/mol. The highest BCUT2D eigenvalue weighted by atomic mass is 35.5. The van der Waals surface area contributed by atoms with Crippen LogP contribution in [-0.4, -0.2) is 40.4 Å². The molecule has 188 valence electrons. The van der Waals surface area contributed by atoms with Crippen LogP contribution in [0, 0.1) is 6.92 Å². The van der Waals surface area contributed by atoms with Crippen molar-refractivity contribution in [2.45, 2.75) is 13.5 Å². The molecule has 1 aliphatic rings. The van der Waals surface area contributed by atoms with Gasteiger partial charge in [0.1, 0.15) is 24.6 Å². The molecule has 0 unspecified atom stereocenters. The third-order valence-electron chi connectivity index (χ3n) is 5.43. The van der Waals surface area contributed by atoms with Gasteiger partial charge in [-0.05, 0) is 60.5 Å². The average Bonchev–Trinajstić information content (AvgIpc) is 3.12. The van der Waals surface area contributed by atoms with Crippen LogP contribution in [0.25, 0.3) is 6.08 Å². The molecule has 0 bridgehead atoms. The largest absolute Gasteiger partial charge is 0.487 e. The summed E-state index contributed by atoms with van der Waals surface area (Å²) < 4.78 is 5.70. The van der Waals surface area contributed by atoms with E-state index in [9.17, 15) is 19.2 Å². The molecule has 10 heteroatoms. The van der Waals surface area contributed by atoms with Crippen molar-refractivity contribution in [1.82, 2.24) is 10.2 Å². The van der Waals surface area contributed by atoms with E-state index in [2.05, 4.69) is 10.6 Å². The first-order valence-electron chi connectivity index (χ1n) is 11.2. The maximum absolute atomic E-state index is 12.7. The number of carboxylic acid groups (broad SMARTS) is 1. The molecule has 1 aliphatic heterocycles. The number of hydrogen-bond donors (Lipinski definition) is 3. The summed E-state index contributed by atoms with van der Waals surface area (Å²) in [6.07, 6.45) is 1.45. The van der Waals surface area contributed by atoms with E-state index in [-0.39, 0.29) is 22.9 Å². The molecule has 4 amide bonds. The van der Waals surface area contributed by atoms with Gasteiger partial charge in [-0.25, -0.2) is 14.5 Å². The van der Waals surface area contributed by atoms with Crippen LogP contribution in [0.3, 0.4) is 0 Å². The summed E-state index contributed by atoms with van der Waals surface area (Å²) >= 11 is 6.33. The number of carbonyl (C=O) groups excluding carboxylic acids is 3. The molecule has 0 aliphatic carbocycles. The van der Waals surface area contributed by atoms with Gasteiger partial charge < -0.3 is 20.5 Å². The molecule has 4 rings (SSSR count). The summed E-state index contributed by atoms with van der Waals surface area (Å²) in [6, 6.07) is 17.6. The van der Waals surface area contributed by atoms with Crippen LogP contribution in [0.2, 0.25) is 5.02 Å². The lowest BCUT2D eigenvalue weighted by Crippen LogP contribution is -2.38. The normalized spacial score (nSPS) is 14.0. The summed E-state index contributed by atoms with van der Waals surface area (Å²) in [7, 11) is 0. The molecule has 1 heterocycles. The number of anilines is 1. The molecule has 3 aromatic carbocycles. The molecule has 0 atom stereocenters. The van der Waals surface area contributed by atoms with Crippen LogP contribution < -0.4 is 15.4 Å². The number of nitrogens with zero attached hydrogens (tertiary/aromatic N) is 1. The minimum Gasteiger partial charge on any atom is -0.487 e. The summed E-state index contributed by atoms with van der Waals surface area (Å²) in [4.78, 5) is 49.3. The van der Waals surface area contributed by atoms with Crippen molar-refractivity contribution in [2.75, 3.05) is 11.9 Å². The lowest BCUT2D eigenvalue weighted by Gasteiger charge is -2.12. The lowest BCUT2D eigenvalue weighted by molar-refractivity contribution is -0.127. The highest BCUT2D eigenvalue weighted by Gasteiger charge is 2.35. The Hall–Kier alpha value is -4.63. The van der Waals surface area contributed by atoms with Crippen molar-refractivity contribution in [3.8, 4) is 5.75 Å². The van der Waals surface area contributed by atoms with Crippen molar-refractivity contribution in [3.05, 3.63) is 99.7 Å². The van der Waals surface area contributed by atoms with Gasteiger partial charge in [-0.1, -0.05) is 47.5 Å². The molecule has 1 fully saturated rings. The zero-order valence-electron chi connectivity index (χ0n) is 19.7. The third-order valence-corrected chi connectivity index (χ3v) is 5.73. The second-order valence-corrected chi connectivity index (χ2v) is 8.68. The predicted octanol–water partition coefficient (Wildman–Crippen LogP) is 4.46. The smallest absolute Gasteiger partial charge is 0.335 e. The zero-order chi connectivity index (χ0) is 26.5. The fourth-order valence-electron chi connectivity index (χ4n) is 3.54. The number of ether oxygens (including phenoxy) is 1. The highest BCUT2D eigenvalue weighted by molar-refractivity contribution is 6.32. The highest BCUT2D eigenvalue weighted by Crippen LogP contribution is 2.28. The number of halogens is 1. The van der Waals surface area contributed by atoms with Gasteiger partial charge in [-0.2, -0.15) is 0 Å². The van der Waals surface area contributed by atoms with E-state index < -0.39 is 30.4 Å². The molecule has 37 heavy (non-hydrogen) atoms. The minimum atomic E-state index is -1.03. The fraction of sp³-hybridized carbons (Fsp3) is 0.111. The monoisotopic (exact) mass is 519 g/mol. The third kappa shape index (κ3) is 6.33. The summed E-state index contributed by atoms with van der Waals surface area (Å²) in [5, 5.41) is 14.5. The number of carboxylic acids is 1. The van der Waals surface area contributed by atoms with Crippen molar-refractivity contribution in [3.63, 3.8) is 0 Å². The van der Waals surface area contributed by atoms with E-state index in [0.29, 0.717) is 22.6 Å². The van der Waals surface area contributed by atoms with E-state index in [1.165, 1.54) is 18.2 Å². The Morgan fingerprint density at radius 1 is 1.08 bits per heavy atom. The molecule has 3 aromatic rings. The van der Waals surface area contributed by atoms with Crippen LogP contribution in [0.4, 0.5) is 10.5 Å². The van der Waals surface area contributed by atoms with Gasteiger partial charge in [-0.15, -0.1) is 0 Å². The summed E-state index contributed by atoms with van der Waals surface area (Å²) in [6.45, 7) is 1.59. The molecule has 1 saturated heterocycles. The van der Waals surface area contributed by atoms with Gasteiger partial charge in [-0.3, -0.25) is 9.59 Å². The molecule has 3 N–H and O–H groups in total. The van der Waals surface area contributed by atoms with Gasteiger partial charge in [0.05, 0.1) is 10.6 Å². The molecule has 0 aromatic heterocycles. The second-order valence-electron chi connectivity index (χ2n) is 8.28. The molecule has 0 radical (unpaired) electrons. The van der Waals surface area contributed by atoms with Crippen molar-refractivity contribution in [1.29, 1.82) is 0 Å². The molecular weight excluding hydrogens is 498 g/mol. The molecule has 9 nitrogen and oxygen atoms in total. The number of aryl methyl sites for hydroxylation is 1. The van der Waals surface area contributed by atoms with Crippen molar-refractivity contribution >= 4 is 47.2 Å². The Labute approximate surface area is 217 Å². The second kappa shape index (κ2) is 11.0. The SMILES string of the molecule is Cc1ccc(NC(=O)CN2C(=O)N/C(=C/c3ccc(OCc4cccc(C(=O)O)c4)c(Cl)c3)C2=O)cc1. The maximum atomic E-state index is 12.7. The summed E-state index contributed by atoms with van der Waals surface area (Å²) in [5.74, 6) is -1.82. The quantitative estimate of drug-likeness (QED) is 0.298. The van der Waals surface area contributed by atoms with Crippen molar-refractivity contribution in [2.24, 2.45) is 0 Å². The molecule has 0 saturated carbocycles. The number of nitrogens with one attached hydrogen (secondary N) is 2. The van der Waals surface area contributed by atoms with Crippen molar-refractivity contribution < 1.29 is 29.0 Å². The number of urea groups is 1. The Bertz CT molecular complexity index is 1420. The van der Waals surface area contributed by atoms with Gasteiger partial charge in [0.2, 0.25) is 5.91 Å². The van der Waals surface area contributed by atoms with Crippen LogP contribution in [-0.2, 0) is 16.2 Å². The number of imide groups is 1. The van der Waals surface area contributed by atoms with E-state index in [1.54, 1.807) is 42.5 Å². The molecular formula is C27H22ClN3O6. The predicted molar refractivity (Wildman–Crippen MR) is 137 cm³/mol. The van der Waals surface area contributed by atoms with Gasteiger partial charge in [0, 0.05) is 5.69 Å². The van der Waals surface area contributed by atoms with E-state index in [4.69, 9.17) is 21.4 Å². The Balaban J connectivity index is 1.39. The Kier molecular flexibility index (Phi) is 7.55. The summed E-state index contributed by atoms with van der Waals surface area (Å²) in [5.41, 5.74) is 2.94.